The summed E-state index contributed by atoms with van der Waals surface area (Å²) < 4.78 is 47.0. The maximum atomic E-state index is 12.5. The average molecular weight is 417 g/mol. The molecule has 0 bridgehead atoms. The molecule has 2 N–H and O–H groups in total. The topological polar surface area (TPSA) is 59.6 Å². The van der Waals surface area contributed by atoms with Gasteiger partial charge in [-0.3, -0.25) is 4.79 Å². The molecule has 5 nitrogen and oxygen atoms in total. The van der Waals surface area contributed by atoms with E-state index in [9.17, 15) is 18.0 Å². The smallest absolute Gasteiger partial charge is 0.410 e. The number of benzene rings is 1. The number of anilines is 1. The van der Waals surface area contributed by atoms with Crippen LogP contribution in [-0.4, -0.2) is 39.7 Å². The summed E-state index contributed by atoms with van der Waals surface area (Å²) in [6.07, 6.45) is -3.38. The van der Waals surface area contributed by atoms with Gasteiger partial charge >= 0.3 is 6.36 Å². The number of ether oxygens (including phenoxy) is 1. The van der Waals surface area contributed by atoms with Gasteiger partial charge in [0.25, 0.3) is 0 Å². The van der Waals surface area contributed by atoms with Gasteiger partial charge in [-0.05, 0) is 43.9 Å². The van der Waals surface area contributed by atoms with Crippen molar-refractivity contribution in [3.05, 3.63) is 24.3 Å². The molecule has 1 fully saturated rings. The van der Waals surface area contributed by atoms with Crippen LogP contribution in [0.2, 0.25) is 5.04 Å². The predicted molar refractivity (Wildman–Crippen MR) is 102 cm³/mol. The summed E-state index contributed by atoms with van der Waals surface area (Å²) in [5.74, 6) is -0.666. The summed E-state index contributed by atoms with van der Waals surface area (Å²) >= 11 is 0. The SMILES string of the molecule is CC(C)(C)[Si]OC(C)(C)[C@H]1CC[C@@H](C(=O)Nc2cccc(OC(F)(F)F)c2)N1. The van der Waals surface area contributed by atoms with E-state index in [1.165, 1.54) is 18.2 Å². The van der Waals surface area contributed by atoms with E-state index in [1.807, 2.05) is 13.8 Å². The molecule has 1 amide bonds. The number of hydrogen-bond donors (Lipinski definition) is 2. The Morgan fingerprint density at radius 2 is 1.86 bits per heavy atom. The number of alkyl halides is 3. The third-order valence-electron chi connectivity index (χ3n) is 4.26. The molecule has 0 saturated carbocycles. The Hall–Kier alpha value is -1.58. The van der Waals surface area contributed by atoms with Crippen LogP contribution in [0.1, 0.15) is 47.5 Å². The number of carbonyl (C=O) groups is 1. The molecule has 9 heteroatoms. The van der Waals surface area contributed by atoms with Crippen LogP contribution in [0, 0.1) is 0 Å². The monoisotopic (exact) mass is 416 g/mol. The van der Waals surface area contributed by atoms with Gasteiger partial charge in [0.15, 0.2) is 0 Å². The van der Waals surface area contributed by atoms with E-state index >= 15 is 0 Å². The first-order chi connectivity index (χ1) is 12.8. The molecule has 156 valence electrons. The van der Waals surface area contributed by atoms with Gasteiger partial charge in [0.2, 0.25) is 15.7 Å². The van der Waals surface area contributed by atoms with E-state index in [4.69, 9.17) is 4.43 Å². The molecule has 0 spiro atoms. The molecule has 2 rings (SSSR count). The molecule has 1 aromatic rings. The minimum absolute atomic E-state index is 0.0120. The Labute approximate surface area is 166 Å². The van der Waals surface area contributed by atoms with Crippen LogP contribution in [-0.2, 0) is 9.22 Å². The Kier molecular flexibility index (Phi) is 6.83. The molecule has 0 unspecified atom stereocenters. The largest absolute Gasteiger partial charge is 0.573 e. The number of halogens is 3. The summed E-state index contributed by atoms with van der Waals surface area (Å²) in [5, 5.41) is 6.01. The van der Waals surface area contributed by atoms with E-state index in [1.54, 1.807) is 0 Å². The van der Waals surface area contributed by atoms with Gasteiger partial charge in [0.05, 0.1) is 11.6 Å². The molecule has 2 atom stereocenters. The second-order valence-electron chi connectivity index (χ2n) is 8.47. The second-order valence-corrected chi connectivity index (χ2v) is 10.4. The average Bonchev–Trinajstić information content (AvgIpc) is 3.02. The van der Waals surface area contributed by atoms with Crippen molar-refractivity contribution in [2.75, 3.05) is 5.32 Å². The van der Waals surface area contributed by atoms with Crippen LogP contribution in [0.4, 0.5) is 18.9 Å². The first-order valence-corrected chi connectivity index (χ1v) is 10.0. The predicted octanol–water partition coefficient (Wildman–Crippen LogP) is 4.28. The maximum absolute atomic E-state index is 12.5. The van der Waals surface area contributed by atoms with Crippen molar-refractivity contribution in [3.63, 3.8) is 0 Å². The van der Waals surface area contributed by atoms with E-state index in [0.717, 1.165) is 12.5 Å². The summed E-state index contributed by atoms with van der Waals surface area (Å²) in [4.78, 5) is 12.5. The normalized spacial score (nSPS) is 20.9. The van der Waals surface area contributed by atoms with Gasteiger partial charge in [-0.2, -0.15) is 0 Å². The van der Waals surface area contributed by atoms with Crippen LogP contribution < -0.4 is 15.4 Å². The number of hydrogen-bond acceptors (Lipinski definition) is 4. The second kappa shape index (κ2) is 8.42. The van der Waals surface area contributed by atoms with Crippen molar-refractivity contribution in [1.29, 1.82) is 0 Å². The lowest BCUT2D eigenvalue weighted by molar-refractivity contribution is -0.274. The highest BCUT2D eigenvalue weighted by Crippen LogP contribution is 2.30. The van der Waals surface area contributed by atoms with Gasteiger partial charge < -0.3 is 19.8 Å². The molecule has 1 aromatic carbocycles. The van der Waals surface area contributed by atoms with Gasteiger partial charge in [-0.15, -0.1) is 13.2 Å². The fourth-order valence-electron chi connectivity index (χ4n) is 2.85. The van der Waals surface area contributed by atoms with Crippen LogP contribution in [0.5, 0.6) is 5.75 Å². The summed E-state index contributed by atoms with van der Waals surface area (Å²) in [6.45, 7) is 10.3. The third-order valence-corrected chi connectivity index (χ3v) is 5.50. The number of carbonyl (C=O) groups excluding carboxylic acids is 1. The zero-order valence-corrected chi connectivity index (χ0v) is 17.7. The molecule has 1 aliphatic rings. The minimum atomic E-state index is -4.78. The number of amides is 1. The lowest BCUT2D eigenvalue weighted by atomic mass is 9.98. The van der Waals surface area contributed by atoms with Gasteiger partial charge in [-0.1, -0.05) is 26.8 Å². The lowest BCUT2D eigenvalue weighted by Gasteiger charge is -2.35. The van der Waals surface area contributed by atoms with E-state index < -0.39 is 18.0 Å². The van der Waals surface area contributed by atoms with Crippen molar-refractivity contribution >= 4 is 21.4 Å². The number of rotatable bonds is 6. The first-order valence-electron chi connectivity index (χ1n) is 9.13. The quantitative estimate of drug-likeness (QED) is 0.680. The highest BCUT2D eigenvalue weighted by Gasteiger charge is 2.39. The minimum Gasteiger partial charge on any atom is -0.410 e. The Morgan fingerprint density at radius 1 is 1.18 bits per heavy atom. The van der Waals surface area contributed by atoms with Gasteiger partial charge in [0.1, 0.15) is 5.75 Å². The summed E-state index contributed by atoms with van der Waals surface area (Å²) in [6, 6.07) is 4.82. The van der Waals surface area contributed by atoms with E-state index in [0.29, 0.717) is 16.2 Å². The summed E-state index contributed by atoms with van der Waals surface area (Å²) in [7, 11) is 0.331. The molecule has 0 aliphatic carbocycles. The fraction of sp³-hybridized carbons (Fsp3) is 0.632. The molecule has 1 saturated heterocycles. The van der Waals surface area contributed by atoms with Crippen molar-refractivity contribution in [3.8, 4) is 5.75 Å². The standard InChI is InChI=1S/C19H27F3N2O3Si/c1-17(2,3)28-27-18(4,5)15-10-9-14(24-15)16(25)23-12-7-6-8-13(11-12)26-19(20,21)22/h6-8,11,14-15,24H,9-10H2,1-5H3,(H,23,25)/t14-,15+/m0/s1. The van der Waals surface area contributed by atoms with E-state index in [2.05, 4.69) is 36.1 Å². The molecular formula is C19H27F3N2O3Si. The van der Waals surface area contributed by atoms with Crippen molar-refractivity contribution in [1.82, 2.24) is 5.32 Å². The molecular weight excluding hydrogens is 389 g/mol. The summed E-state index contributed by atoms with van der Waals surface area (Å²) in [5.41, 5.74) is -0.178. The zero-order valence-electron chi connectivity index (χ0n) is 16.7. The van der Waals surface area contributed by atoms with Crippen LogP contribution in [0.3, 0.4) is 0 Å². The molecule has 1 aliphatic heterocycles. The third kappa shape index (κ3) is 7.10. The lowest BCUT2D eigenvalue weighted by Crippen LogP contribution is -2.50. The van der Waals surface area contributed by atoms with Gasteiger partial charge in [-0.25, -0.2) is 0 Å². The van der Waals surface area contributed by atoms with Crippen LogP contribution in [0.25, 0.3) is 0 Å². The Balaban J connectivity index is 1.93. The number of nitrogens with one attached hydrogen (secondary N) is 2. The van der Waals surface area contributed by atoms with E-state index in [-0.39, 0.29) is 28.4 Å². The molecule has 2 radical (unpaired) electrons. The zero-order chi connectivity index (χ0) is 21.2. The van der Waals surface area contributed by atoms with Crippen LogP contribution in [0.15, 0.2) is 24.3 Å². The highest BCUT2D eigenvalue weighted by molar-refractivity contribution is 6.31. The van der Waals surface area contributed by atoms with Crippen molar-refractivity contribution in [2.24, 2.45) is 0 Å². The first kappa shape index (κ1) is 22.7. The molecule has 1 heterocycles. The van der Waals surface area contributed by atoms with Crippen LogP contribution >= 0.6 is 0 Å². The Bertz CT molecular complexity index is 690. The maximum Gasteiger partial charge on any atom is 0.573 e. The fourth-order valence-corrected chi connectivity index (χ4v) is 3.57. The Morgan fingerprint density at radius 3 is 2.46 bits per heavy atom. The molecule has 28 heavy (non-hydrogen) atoms. The van der Waals surface area contributed by atoms with Crippen molar-refractivity contribution < 1.29 is 27.1 Å². The highest BCUT2D eigenvalue weighted by atomic mass is 28.2. The van der Waals surface area contributed by atoms with Gasteiger partial charge in [0, 0.05) is 17.8 Å². The molecule has 0 aromatic heterocycles. The van der Waals surface area contributed by atoms with Crippen molar-refractivity contribution in [2.45, 2.75) is 76.5 Å².